The summed E-state index contributed by atoms with van der Waals surface area (Å²) >= 11 is 0. The Morgan fingerprint density at radius 2 is 2.05 bits per heavy atom. The first-order chi connectivity index (χ1) is 10.1. The number of hydrogen-bond acceptors (Lipinski definition) is 4. The fraction of sp³-hybridized carbons (Fsp3) is 0.308. The smallest absolute Gasteiger partial charge is 0.322 e. The lowest BCUT2D eigenvalue weighted by atomic mass is 10.2. The summed E-state index contributed by atoms with van der Waals surface area (Å²) in [6.45, 7) is -0.372. The predicted octanol–water partition coefficient (Wildman–Crippen LogP) is -0.737. The quantitative estimate of drug-likeness (QED) is 0.586. The van der Waals surface area contributed by atoms with E-state index < -0.39 is 11.9 Å². The molecule has 0 fully saturated rings. The molecular weight excluding hydrogens is 276 g/mol. The minimum absolute atomic E-state index is 0.110. The van der Waals surface area contributed by atoms with E-state index in [1.807, 2.05) is 0 Å². The molecule has 1 aromatic carbocycles. The van der Waals surface area contributed by atoms with E-state index in [4.69, 9.17) is 5.11 Å². The maximum atomic E-state index is 12.1. The van der Waals surface area contributed by atoms with Crippen LogP contribution in [0.4, 0.5) is 16.2 Å². The number of anilines is 2. The lowest BCUT2D eigenvalue weighted by Gasteiger charge is -2.29. The number of aliphatic hydroxyl groups is 1. The van der Waals surface area contributed by atoms with Gasteiger partial charge in [0.25, 0.3) is 0 Å². The number of para-hydroxylation sites is 2. The summed E-state index contributed by atoms with van der Waals surface area (Å²) < 4.78 is 0. The van der Waals surface area contributed by atoms with Crippen LogP contribution in [0.5, 0.6) is 0 Å². The van der Waals surface area contributed by atoms with Crippen LogP contribution in [0, 0.1) is 0 Å². The van der Waals surface area contributed by atoms with Gasteiger partial charge in [-0.05, 0) is 12.1 Å². The van der Waals surface area contributed by atoms with Crippen molar-refractivity contribution < 1.29 is 19.5 Å². The molecule has 0 aliphatic carbocycles. The van der Waals surface area contributed by atoms with Crippen molar-refractivity contribution in [3.8, 4) is 0 Å². The second-order valence-electron chi connectivity index (χ2n) is 4.38. The number of benzene rings is 1. The highest BCUT2D eigenvalue weighted by Crippen LogP contribution is 2.28. The van der Waals surface area contributed by atoms with Gasteiger partial charge in [-0.2, -0.15) is 0 Å². The highest BCUT2D eigenvalue weighted by molar-refractivity contribution is 6.09. The van der Waals surface area contributed by atoms with E-state index in [2.05, 4.69) is 16.0 Å². The van der Waals surface area contributed by atoms with E-state index >= 15 is 0 Å². The van der Waals surface area contributed by atoms with Gasteiger partial charge in [0.15, 0.2) is 0 Å². The van der Waals surface area contributed by atoms with Crippen LogP contribution in [0.2, 0.25) is 0 Å². The van der Waals surface area contributed by atoms with Crippen molar-refractivity contribution in [3.05, 3.63) is 24.3 Å². The van der Waals surface area contributed by atoms with Crippen molar-refractivity contribution in [2.45, 2.75) is 0 Å². The Kier molecular flexibility index (Phi) is 4.72. The van der Waals surface area contributed by atoms with Crippen molar-refractivity contribution in [1.82, 2.24) is 10.6 Å². The molecule has 4 amide bonds. The highest BCUT2D eigenvalue weighted by Gasteiger charge is 2.26. The van der Waals surface area contributed by atoms with Gasteiger partial charge in [-0.1, -0.05) is 12.1 Å². The summed E-state index contributed by atoms with van der Waals surface area (Å²) in [6, 6.07) is 6.38. The summed E-state index contributed by atoms with van der Waals surface area (Å²) in [4.78, 5) is 36.3. The largest absolute Gasteiger partial charge is 0.395 e. The molecule has 8 nitrogen and oxygen atoms in total. The third-order valence-corrected chi connectivity index (χ3v) is 2.85. The number of carbonyl (C=O) groups excluding carboxylic acids is 3. The fourth-order valence-corrected chi connectivity index (χ4v) is 1.92. The minimum atomic E-state index is -0.531. The standard InChI is InChI=1S/C13H16N4O4/c18-6-5-14-11(19)7-15-13(21)17-8-12(20)16-9-3-1-2-4-10(9)17/h1-4,18H,5-8H2,(H,14,19)(H,15,21)(H,16,20). The number of aliphatic hydroxyl groups excluding tert-OH is 1. The van der Waals surface area contributed by atoms with Gasteiger partial charge < -0.3 is 21.1 Å². The summed E-state index contributed by atoms with van der Waals surface area (Å²) in [6.07, 6.45) is 0. The van der Waals surface area contributed by atoms with E-state index in [-0.39, 0.29) is 32.1 Å². The molecule has 2 rings (SSSR count). The number of rotatable bonds is 4. The predicted molar refractivity (Wildman–Crippen MR) is 75.9 cm³/mol. The van der Waals surface area contributed by atoms with Gasteiger partial charge in [0.05, 0.1) is 24.5 Å². The molecule has 0 spiro atoms. The van der Waals surface area contributed by atoms with E-state index in [9.17, 15) is 14.4 Å². The number of nitrogens with one attached hydrogen (secondary N) is 3. The van der Waals surface area contributed by atoms with Crippen LogP contribution in [0.3, 0.4) is 0 Å². The molecular formula is C13H16N4O4. The zero-order chi connectivity index (χ0) is 15.2. The Morgan fingerprint density at radius 1 is 1.29 bits per heavy atom. The molecule has 1 aliphatic rings. The number of carbonyl (C=O) groups is 3. The molecule has 4 N–H and O–H groups in total. The first-order valence-electron chi connectivity index (χ1n) is 6.43. The summed E-state index contributed by atoms with van der Waals surface area (Å²) in [5, 5.41) is 16.1. The molecule has 0 bridgehead atoms. The monoisotopic (exact) mass is 292 g/mol. The van der Waals surface area contributed by atoms with Crippen molar-refractivity contribution >= 4 is 29.2 Å². The van der Waals surface area contributed by atoms with Gasteiger partial charge >= 0.3 is 6.03 Å². The number of amides is 4. The topological polar surface area (TPSA) is 111 Å². The minimum Gasteiger partial charge on any atom is -0.395 e. The maximum absolute atomic E-state index is 12.1. The number of fused-ring (bicyclic) bond motifs is 1. The third kappa shape index (κ3) is 3.69. The second-order valence-corrected chi connectivity index (χ2v) is 4.38. The van der Waals surface area contributed by atoms with E-state index in [1.165, 1.54) is 4.90 Å². The van der Waals surface area contributed by atoms with Crippen molar-refractivity contribution in [3.63, 3.8) is 0 Å². The molecule has 112 valence electrons. The summed E-state index contributed by atoms with van der Waals surface area (Å²) in [5.41, 5.74) is 1.12. The number of urea groups is 1. The molecule has 1 aliphatic heterocycles. The lowest BCUT2D eigenvalue weighted by molar-refractivity contribution is -0.120. The molecule has 1 aromatic rings. The van der Waals surface area contributed by atoms with Crippen LogP contribution in [0.1, 0.15) is 0 Å². The first-order valence-corrected chi connectivity index (χ1v) is 6.43. The van der Waals surface area contributed by atoms with Gasteiger partial charge in [0.1, 0.15) is 6.54 Å². The van der Waals surface area contributed by atoms with Crippen LogP contribution in [0.15, 0.2) is 24.3 Å². The van der Waals surface area contributed by atoms with Crippen LogP contribution >= 0.6 is 0 Å². The first kappa shape index (κ1) is 14.8. The summed E-state index contributed by atoms with van der Waals surface area (Å²) in [5.74, 6) is -0.708. The molecule has 0 unspecified atom stereocenters. The zero-order valence-electron chi connectivity index (χ0n) is 11.3. The summed E-state index contributed by atoms with van der Waals surface area (Å²) in [7, 11) is 0. The normalized spacial score (nSPS) is 13.2. The fourth-order valence-electron chi connectivity index (χ4n) is 1.92. The molecule has 0 atom stereocenters. The Morgan fingerprint density at radius 3 is 2.81 bits per heavy atom. The van der Waals surface area contributed by atoms with Gasteiger partial charge in [-0.3, -0.25) is 14.5 Å². The Bertz CT molecular complexity index is 561. The molecule has 21 heavy (non-hydrogen) atoms. The Balaban J connectivity index is 1.99. The van der Waals surface area contributed by atoms with Crippen molar-refractivity contribution in [2.75, 3.05) is 36.5 Å². The van der Waals surface area contributed by atoms with E-state index in [0.29, 0.717) is 11.4 Å². The van der Waals surface area contributed by atoms with Crippen LogP contribution < -0.4 is 20.9 Å². The van der Waals surface area contributed by atoms with Crippen LogP contribution in [0.25, 0.3) is 0 Å². The maximum Gasteiger partial charge on any atom is 0.322 e. The number of hydrogen-bond donors (Lipinski definition) is 4. The van der Waals surface area contributed by atoms with Gasteiger partial charge in [0.2, 0.25) is 11.8 Å². The zero-order valence-corrected chi connectivity index (χ0v) is 11.3. The molecule has 0 saturated heterocycles. The SMILES string of the molecule is O=C(CNC(=O)N1CC(=O)Nc2ccccc21)NCCO. The Hall–Kier alpha value is -2.61. The lowest BCUT2D eigenvalue weighted by Crippen LogP contribution is -2.49. The molecule has 8 heteroatoms. The molecule has 0 saturated carbocycles. The molecule has 0 radical (unpaired) electrons. The molecule has 1 heterocycles. The van der Waals surface area contributed by atoms with Gasteiger partial charge in [-0.25, -0.2) is 4.79 Å². The average Bonchev–Trinajstić information content (AvgIpc) is 2.49. The van der Waals surface area contributed by atoms with Crippen molar-refractivity contribution in [2.24, 2.45) is 0 Å². The Labute approximate surface area is 121 Å². The van der Waals surface area contributed by atoms with Crippen molar-refractivity contribution in [1.29, 1.82) is 0 Å². The third-order valence-electron chi connectivity index (χ3n) is 2.85. The van der Waals surface area contributed by atoms with Crippen LogP contribution in [-0.4, -0.2) is 49.2 Å². The average molecular weight is 292 g/mol. The highest BCUT2D eigenvalue weighted by atomic mass is 16.3. The second kappa shape index (κ2) is 6.71. The van der Waals surface area contributed by atoms with E-state index in [0.717, 1.165) is 0 Å². The van der Waals surface area contributed by atoms with Crippen LogP contribution in [-0.2, 0) is 9.59 Å². The van der Waals surface area contributed by atoms with Gasteiger partial charge in [-0.15, -0.1) is 0 Å². The molecule has 0 aromatic heterocycles. The van der Waals surface area contributed by atoms with Gasteiger partial charge in [0, 0.05) is 6.54 Å². The number of nitrogens with zero attached hydrogens (tertiary/aromatic N) is 1. The van der Waals surface area contributed by atoms with E-state index in [1.54, 1.807) is 24.3 Å².